The molecule has 7 nitrogen and oxygen atoms in total. The Labute approximate surface area is 231 Å². The average Bonchev–Trinajstić information content (AvgIpc) is 3.56. The molecule has 5 aromatic rings. The van der Waals surface area contributed by atoms with Crippen molar-refractivity contribution in [3.63, 3.8) is 0 Å². The highest BCUT2D eigenvalue weighted by Gasteiger charge is 2.21. The number of para-hydroxylation sites is 1. The highest BCUT2D eigenvalue weighted by atomic mass is 79.9. The van der Waals surface area contributed by atoms with E-state index in [1.807, 2.05) is 54.6 Å². The second-order valence-corrected chi connectivity index (χ2v) is 10.6. The van der Waals surface area contributed by atoms with E-state index < -0.39 is 0 Å². The van der Waals surface area contributed by atoms with Gasteiger partial charge in [0.25, 0.3) is 5.91 Å². The van der Waals surface area contributed by atoms with Crippen LogP contribution in [0.5, 0.6) is 11.5 Å². The monoisotopic (exact) mass is 587 g/mol. The molecule has 5 rings (SSSR count). The van der Waals surface area contributed by atoms with Gasteiger partial charge in [-0.25, -0.2) is 9.48 Å². The molecule has 190 valence electrons. The molecular formula is C29H22BrN3O4S. The van der Waals surface area contributed by atoms with E-state index in [1.54, 1.807) is 54.2 Å². The Bertz CT molecular complexity index is 1580. The fraction of sp³-hybridized carbons (Fsp3) is 0.0690. The number of halogens is 1. The first kappa shape index (κ1) is 25.4. The van der Waals surface area contributed by atoms with Crippen LogP contribution in [0.4, 0.5) is 5.69 Å². The predicted molar refractivity (Wildman–Crippen MR) is 151 cm³/mol. The lowest BCUT2D eigenvalue weighted by atomic mass is 10.2. The Morgan fingerprint density at radius 3 is 2.42 bits per heavy atom. The van der Waals surface area contributed by atoms with Gasteiger partial charge in [0.15, 0.2) is 0 Å². The summed E-state index contributed by atoms with van der Waals surface area (Å²) in [6.45, 7) is 2.07. The number of carbonyl (C=O) groups excluding carboxylic acids is 2. The molecule has 9 heteroatoms. The summed E-state index contributed by atoms with van der Waals surface area (Å²) in [6, 6.07) is 27.4. The third-order valence-corrected chi connectivity index (χ3v) is 7.11. The van der Waals surface area contributed by atoms with Crippen molar-refractivity contribution in [2.75, 3.05) is 11.9 Å². The third kappa shape index (κ3) is 5.85. The van der Waals surface area contributed by atoms with Gasteiger partial charge in [0.2, 0.25) is 0 Å². The average molecular weight is 588 g/mol. The molecule has 0 bridgehead atoms. The van der Waals surface area contributed by atoms with Gasteiger partial charge in [-0.15, -0.1) is 11.3 Å². The highest BCUT2D eigenvalue weighted by molar-refractivity contribution is 9.11. The maximum Gasteiger partial charge on any atom is 0.338 e. The van der Waals surface area contributed by atoms with E-state index >= 15 is 0 Å². The number of hydrogen-bond acceptors (Lipinski definition) is 6. The summed E-state index contributed by atoms with van der Waals surface area (Å²) in [5.74, 6) is 0.614. The van der Waals surface area contributed by atoms with Gasteiger partial charge >= 0.3 is 5.97 Å². The van der Waals surface area contributed by atoms with Gasteiger partial charge in [0.1, 0.15) is 17.2 Å². The van der Waals surface area contributed by atoms with Crippen molar-refractivity contribution in [1.29, 1.82) is 0 Å². The summed E-state index contributed by atoms with van der Waals surface area (Å²) in [4.78, 5) is 26.3. The van der Waals surface area contributed by atoms with Gasteiger partial charge in [0.05, 0.1) is 32.1 Å². The molecule has 0 saturated carbocycles. The normalized spacial score (nSPS) is 10.7. The number of amides is 1. The number of esters is 1. The van der Waals surface area contributed by atoms with Gasteiger partial charge < -0.3 is 14.8 Å². The quantitative estimate of drug-likeness (QED) is 0.189. The minimum absolute atomic E-state index is 0.305. The van der Waals surface area contributed by atoms with E-state index in [4.69, 9.17) is 14.6 Å². The van der Waals surface area contributed by atoms with Crippen LogP contribution < -0.4 is 10.1 Å². The zero-order valence-corrected chi connectivity index (χ0v) is 22.7. The van der Waals surface area contributed by atoms with Crippen molar-refractivity contribution in [3.05, 3.63) is 112 Å². The van der Waals surface area contributed by atoms with Crippen LogP contribution in [0.25, 0.3) is 16.3 Å². The van der Waals surface area contributed by atoms with Gasteiger partial charge in [-0.1, -0.05) is 24.3 Å². The zero-order valence-electron chi connectivity index (χ0n) is 20.3. The summed E-state index contributed by atoms with van der Waals surface area (Å²) in [7, 11) is 0. The second-order valence-electron chi connectivity index (χ2n) is 8.10. The number of nitrogens with one attached hydrogen (secondary N) is 1. The van der Waals surface area contributed by atoms with Crippen LogP contribution in [-0.4, -0.2) is 28.3 Å². The van der Waals surface area contributed by atoms with E-state index in [2.05, 4.69) is 21.2 Å². The number of benzene rings is 3. The summed E-state index contributed by atoms with van der Waals surface area (Å²) in [5.41, 5.74) is 2.69. The van der Waals surface area contributed by atoms with E-state index in [-0.39, 0.29) is 11.9 Å². The Kier molecular flexibility index (Phi) is 7.67. The van der Waals surface area contributed by atoms with Crippen LogP contribution in [0, 0.1) is 0 Å². The van der Waals surface area contributed by atoms with Crippen LogP contribution in [0.1, 0.15) is 27.6 Å². The molecule has 0 spiro atoms. The molecule has 0 radical (unpaired) electrons. The molecule has 0 aliphatic carbocycles. The van der Waals surface area contributed by atoms with Crippen LogP contribution in [0.2, 0.25) is 0 Å². The van der Waals surface area contributed by atoms with Crippen LogP contribution in [0.3, 0.4) is 0 Å². The molecule has 1 N–H and O–H groups in total. The Morgan fingerprint density at radius 2 is 1.71 bits per heavy atom. The number of hydrogen-bond donors (Lipinski definition) is 1. The molecule has 2 aromatic heterocycles. The smallest absolute Gasteiger partial charge is 0.338 e. The zero-order chi connectivity index (χ0) is 26.5. The molecule has 0 fully saturated rings. The molecule has 0 aliphatic rings. The largest absolute Gasteiger partial charge is 0.462 e. The summed E-state index contributed by atoms with van der Waals surface area (Å²) in [5, 5.41) is 7.68. The minimum atomic E-state index is -0.387. The van der Waals surface area contributed by atoms with Gasteiger partial charge in [0, 0.05) is 18.0 Å². The molecule has 1 amide bonds. The minimum Gasteiger partial charge on any atom is -0.462 e. The van der Waals surface area contributed by atoms with Gasteiger partial charge in [-0.3, -0.25) is 4.79 Å². The molecule has 0 aliphatic heterocycles. The fourth-order valence-electron chi connectivity index (χ4n) is 3.72. The molecule has 0 saturated heterocycles. The van der Waals surface area contributed by atoms with E-state index in [1.165, 1.54) is 11.3 Å². The topological polar surface area (TPSA) is 82.5 Å². The predicted octanol–water partition coefficient (Wildman–Crippen LogP) is 7.58. The van der Waals surface area contributed by atoms with Crippen LogP contribution >= 0.6 is 27.3 Å². The molecule has 0 atom stereocenters. The lowest BCUT2D eigenvalue weighted by Gasteiger charge is -2.09. The van der Waals surface area contributed by atoms with Crippen molar-refractivity contribution in [2.24, 2.45) is 0 Å². The lowest BCUT2D eigenvalue weighted by Crippen LogP contribution is -2.12. The standard InChI is InChI=1S/C29H22BrN3O4S/c1-2-36-29(35)19-11-13-21(14-12-19)33-18-24(27(32-33)25-15-16-26(30)38-25)28(34)31-20-7-6-10-23(17-20)37-22-8-4-3-5-9-22/h3-18H,2H2,1H3,(H,31,34). The number of thiophene rings is 1. The summed E-state index contributed by atoms with van der Waals surface area (Å²) < 4.78 is 13.5. The fourth-order valence-corrected chi connectivity index (χ4v) is 5.11. The van der Waals surface area contributed by atoms with Crippen LogP contribution in [0.15, 0.2) is 101 Å². The van der Waals surface area contributed by atoms with Gasteiger partial charge in [-0.2, -0.15) is 5.10 Å². The van der Waals surface area contributed by atoms with Crippen molar-refractivity contribution >= 4 is 44.8 Å². The van der Waals surface area contributed by atoms with Crippen molar-refractivity contribution in [2.45, 2.75) is 6.92 Å². The first-order valence-corrected chi connectivity index (χ1v) is 13.4. The molecule has 2 heterocycles. The Hall–Kier alpha value is -4.21. The Morgan fingerprint density at radius 1 is 0.947 bits per heavy atom. The number of ether oxygens (including phenoxy) is 2. The van der Waals surface area contributed by atoms with Crippen LogP contribution in [-0.2, 0) is 4.74 Å². The van der Waals surface area contributed by atoms with Gasteiger partial charge in [-0.05, 0) is 83.5 Å². The molecule has 38 heavy (non-hydrogen) atoms. The molecule has 3 aromatic carbocycles. The first-order valence-electron chi connectivity index (χ1n) is 11.8. The first-order chi connectivity index (χ1) is 18.5. The van der Waals surface area contributed by atoms with E-state index in [0.717, 1.165) is 8.66 Å². The SMILES string of the molecule is CCOC(=O)c1ccc(-n2cc(C(=O)Nc3cccc(Oc4ccccc4)c3)c(-c3ccc(Br)s3)n2)cc1. The lowest BCUT2D eigenvalue weighted by molar-refractivity contribution is 0.0526. The van der Waals surface area contributed by atoms with Crippen molar-refractivity contribution in [3.8, 4) is 27.8 Å². The van der Waals surface area contributed by atoms with Crippen molar-refractivity contribution in [1.82, 2.24) is 9.78 Å². The number of rotatable bonds is 8. The Balaban J connectivity index is 1.43. The third-order valence-electron chi connectivity index (χ3n) is 5.48. The number of carbonyl (C=O) groups is 2. The maximum atomic E-state index is 13.5. The summed E-state index contributed by atoms with van der Waals surface area (Å²) >= 11 is 4.97. The highest BCUT2D eigenvalue weighted by Crippen LogP contribution is 2.33. The molecular weight excluding hydrogens is 566 g/mol. The maximum absolute atomic E-state index is 13.5. The molecule has 0 unspecified atom stereocenters. The number of anilines is 1. The summed E-state index contributed by atoms with van der Waals surface area (Å²) in [6.07, 6.45) is 1.68. The second kappa shape index (κ2) is 11.5. The number of nitrogens with zero attached hydrogens (tertiary/aromatic N) is 2. The van der Waals surface area contributed by atoms with E-state index in [9.17, 15) is 9.59 Å². The van der Waals surface area contributed by atoms with Crippen molar-refractivity contribution < 1.29 is 19.1 Å². The van der Waals surface area contributed by atoms with E-state index in [0.29, 0.717) is 46.3 Å². The number of aromatic nitrogens is 2.